The van der Waals surface area contributed by atoms with E-state index >= 15 is 0 Å². The molecule has 1 amide bonds. The Morgan fingerprint density at radius 1 is 1.09 bits per heavy atom. The highest BCUT2D eigenvalue weighted by molar-refractivity contribution is 7.80. The number of rotatable bonds is 5. The molecular weight excluding hydrogens is 294 g/mol. The van der Waals surface area contributed by atoms with Crippen LogP contribution in [0.2, 0.25) is 0 Å². The van der Waals surface area contributed by atoms with Gasteiger partial charge >= 0.3 is 0 Å². The maximum absolute atomic E-state index is 12.8. The van der Waals surface area contributed by atoms with Crippen LogP contribution >= 0.6 is 12.2 Å². The zero-order valence-electron chi connectivity index (χ0n) is 12.1. The smallest absolute Gasteiger partial charge is 0.271 e. The van der Waals surface area contributed by atoms with E-state index < -0.39 is 0 Å². The van der Waals surface area contributed by atoms with Crippen LogP contribution in [-0.4, -0.2) is 17.7 Å². The molecule has 0 heterocycles. The highest BCUT2D eigenvalue weighted by Gasteiger charge is 2.22. The van der Waals surface area contributed by atoms with Gasteiger partial charge in [0.1, 0.15) is 0 Å². The SMILES string of the molecule is C=CCCOC(=S)N(C(=O)c1ccccc1)c1ccccc1. The third kappa shape index (κ3) is 4.02. The van der Waals surface area contributed by atoms with Gasteiger partial charge in [0.25, 0.3) is 11.1 Å². The Balaban J connectivity index is 2.28. The quantitative estimate of drug-likeness (QED) is 0.470. The monoisotopic (exact) mass is 311 g/mol. The molecule has 2 rings (SSSR count). The summed E-state index contributed by atoms with van der Waals surface area (Å²) >= 11 is 5.30. The Morgan fingerprint density at radius 2 is 1.68 bits per heavy atom. The molecule has 0 bridgehead atoms. The van der Waals surface area contributed by atoms with Crippen molar-refractivity contribution in [2.24, 2.45) is 0 Å². The molecule has 22 heavy (non-hydrogen) atoms. The molecule has 2 aromatic rings. The lowest BCUT2D eigenvalue weighted by Crippen LogP contribution is -2.37. The number of hydrogen-bond donors (Lipinski definition) is 0. The van der Waals surface area contributed by atoms with Crippen molar-refractivity contribution in [2.45, 2.75) is 6.42 Å². The van der Waals surface area contributed by atoms with Crippen molar-refractivity contribution >= 4 is 29.0 Å². The number of benzene rings is 2. The van der Waals surface area contributed by atoms with E-state index in [9.17, 15) is 4.79 Å². The normalized spacial score (nSPS) is 9.82. The molecule has 0 atom stereocenters. The fraction of sp³-hybridized carbons (Fsp3) is 0.111. The maximum Gasteiger partial charge on any atom is 0.271 e. The summed E-state index contributed by atoms with van der Waals surface area (Å²) in [4.78, 5) is 14.2. The van der Waals surface area contributed by atoms with Gasteiger partial charge in [0.15, 0.2) is 0 Å². The number of carbonyl (C=O) groups excluding carboxylic acids is 1. The molecule has 0 aliphatic heterocycles. The lowest BCUT2D eigenvalue weighted by Gasteiger charge is -2.23. The summed E-state index contributed by atoms with van der Waals surface area (Å²) in [6.07, 6.45) is 2.41. The first-order chi connectivity index (χ1) is 10.7. The van der Waals surface area contributed by atoms with Gasteiger partial charge < -0.3 is 4.74 Å². The van der Waals surface area contributed by atoms with Crippen LogP contribution < -0.4 is 4.90 Å². The highest BCUT2D eigenvalue weighted by atomic mass is 32.1. The molecule has 2 aromatic carbocycles. The van der Waals surface area contributed by atoms with Crippen LogP contribution in [-0.2, 0) is 4.74 Å². The van der Waals surface area contributed by atoms with Crippen LogP contribution in [0.5, 0.6) is 0 Å². The molecule has 0 unspecified atom stereocenters. The number of amides is 1. The first-order valence-electron chi connectivity index (χ1n) is 6.96. The molecule has 112 valence electrons. The van der Waals surface area contributed by atoms with E-state index in [2.05, 4.69) is 6.58 Å². The van der Waals surface area contributed by atoms with Crippen LogP contribution in [0.3, 0.4) is 0 Å². The Labute approximate surface area is 135 Å². The molecule has 0 aliphatic rings. The van der Waals surface area contributed by atoms with E-state index in [1.54, 1.807) is 18.2 Å². The zero-order valence-corrected chi connectivity index (χ0v) is 13.0. The predicted octanol–water partition coefficient (Wildman–Crippen LogP) is 4.21. The fourth-order valence-electron chi connectivity index (χ4n) is 1.89. The van der Waals surface area contributed by atoms with E-state index in [1.165, 1.54) is 4.90 Å². The lowest BCUT2D eigenvalue weighted by molar-refractivity contribution is 0.0996. The molecule has 0 N–H and O–H groups in total. The lowest BCUT2D eigenvalue weighted by atomic mass is 10.2. The number of para-hydroxylation sites is 1. The minimum absolute atomic E-state index is 0.141. The summed E-state index contributed by atoms with van der Waals surface area (Å²) < 4.78 is 5.51. The number of hydrogen-bond acceptors (Lipinski definition) is 3. The largest absolute Gasteiger partial charge is 0.470 e. The first-order valence-corrected chi connectivity index (χ1v) is 7.37. The zero-order chi connectivity index (χ0) is 15.8. The number of anilines is 1. The fourth-order valence-corrected chi connectivity index (χ4v) is 2.16. The summed E-state index contributed by atoms with van der Waals surface area (Å²) in [6.45, 7) is 4.04. The van der Waals surface area contributed by atoms with Gasteiger partial charge in [-0.25, -0.2) is 4.90 Å². The van der Waals surface area contributed by atoms with Gasteiger partial charge in [-0.05, 0) is 42.9 Å². The van der Waals surface area contributed by atoms with Gasteiger partial charge in [-0.1, -0.05) is 42.5 Å². The highest BCUT2D eigenvalue weighted by Crippen LogP contribution is 2.18. The average molecular weight is 311 g/mol. The number of nitrogens with zero attached hydrogens (tertiary/aromatic N) is 1. The molecule has 0 saturated carbocycles. The second-order valence-electron chi connectivity index (χ2n) is 4.53. The molecule has 0 spiro atoms. The van der Waals surface area contributed by atoms with Crippen molar-refractivity contribution in [3.63, 3.8) is 0 Å². The molecule has 4 heteroatoms. The van der Waals surface area contributed by atoms with Crippen molar-refractivity contribution < 1.29 is 9.53 Å². The van der Waals surface area contributed by atoms with E-state index in [-0.39, 0.29) is 11.1 Å². The van der Waals surface area contributed by atoms with Gasteiger partial charge in [-0.15, -0.1) is 6.58 Å². The Bertz CT molecular complexity index is 641. The van der Waals surface area contributed by atoms with E-state index in [0.29, 0.717) is 24.3 Å². The minimum Gasteiger partial charge on any atom is -0.470 e. The van der Waals surface area contributed by atoms with Crippen molar-refractivity contribution in [1.82, 2.24) is 0 Å². The van der Waals surface area contributed by atoms with Gasteiger partial charge in [0.05, 0.1) is 12.3 Å². The molecule has 3 nitrogen and oxygen atoms in total. The molecule has 0 aromatic heterocycles. The van der Waals surface area contributed by atoms with Crippen molar-refractivity contribution in [3.05, 3.63) is 78.9 Å². The van der Waals surface area contributed by atoms with Crippen LogP contribution in [0.4, 0.5) is 5.69 Å². The summed E-state index contributed by atoms with van der Waals surface area (Å²) in [5.74, 6) is -0.213. The van der Waals surface area contributed by atoms with Crippen LogP contribution in [0.15, 0.2) is 73.3 Å². The van der Waals surface area contributed by atoms with Crippen LogP contribution in [0.25, 0.3) is 0 Å². The van der Waals surface area contributed by atoms with Crippen LogP contribution in [0, 0.1) is 0 Å². The second kappa shape index (κ2) is 8.10. The average Bonchev–Trinajstić information content (AvgIpc) is 2.57. The molecular formula is C18H17NO2S. The third-order valence-electron chi connectivity index (χ3n) is 2.97. The standard InChI is InChI=1S/C18H17NO2S/c1-2-3-14-21-18(22)19(16-12-8-5-9-13-16)17(20)15-10-6-4-7-11-15/h2,4-13H,1,3,14H2. The minimum atomic E-state index is -0.213. The predicted molar refractivity (Wildman–Crippen MR) is 93.1 cm³/mol. The Kier molecular flexibility index (Phi) is 5.86. The summed E-state index contributed by atoms with van der Waals surface area (Å²) in [5.41, 5.74) is 1.24. The second-order valence-corrected chi connectivity index (χ2v) is 4.88. The van der Waals surface area contributed by atoms with Gasteiger partial charge in [0, 0.05) is 5.56 Å². The number of ether oxygens (including phenoxy) is 1. The number of thiocarbonyl (C=S) groups is 1. The first kappa shape index (κ1) is 15.9. The van der Waals surface area contributed by atoms with Crippen LogP contribution in [0.1, 0.15) is 16.8 Å². The van der Waals surface area contributed by atoms with Crippen molar-refractivity contribution in [2.75, 3.05) is 11.5 Å². The van der Waals surface area contributed by atoms with Crippen molar-refractivity contribution in [3.8, 4) is 0 Å². The Morgan fingerprint density at radius 3 is 2.27 bits per heavy atom. The van der Waals surface area contributed by atoms with Gasteiger partial charge in [0.2, 0.25) is 0 Å². The van der Waals surface area contributed by atoms with E-state index in [4.69, 9.17) is 17.0 Å². The maximum atomic E-state index is 12.8. The number of carbonyl (C=O) groups is 1. The molecule has 0 radical (unpaired) electrons. The third-order valence-corrected chi connectivity index (χ3v) is 3.27. The summed E-state index contributed by atoms with van der Waals surface area (Å²) in [7, 11) is 0. The Hall–Kier alpha value is -2.46. The van der Waals surface area contributed by atoms with Gasteiger partial charge in [-0.3, -0.25) is 4.79 Å². The summed E-state index contributed by atoms with van der Waals surface area (Å²) in [5, 5.41) is 0.141. The topological polar surface area (TPSA) is 29.5 Å². The van der Waals surface area contributed by atoms with Gasteiger partial charge in [-0.2, -0.15) is 0 Å². The molecule has 0 fully saturated rings. The van der Waals surface area contributed by atoms with E-state index in [1.807, 2.05) is 48.5 Å². The molecule has 0 aliphatic carbocycles. The summed E-state index contributed by atoms with van der Waals surface area (Å²) in [6, 6.07) is 18.2. The van der Waals surface area contributed by atoms with Crippen molar-refractivity contribution in [1.29, 1.82) is 0 Å². The van der Waals surface area contributed by atoms with E-state index in [0.717, 1.165) is 0 Å². The molecule has 0 saturated heterocycles.